The van der Waals surface area contributed by atoms with E-state index in [1.807, 2.05) is 47.4 Å². The van der Waals surface area contributed by atoms with Gasteiger partial charge in [0, 0.05) is 18.3 Å². The lowest BCUT2D eigenvalue weighted by Crippen LogP contribution is -2.29. The molecule has 0 spiro atoms. The van der Waals surface area contributed by atoms with Crippen LogP contribution >= 0.6 is 11.8 Å². The molecule has 0 unspecified atom stereocenters. The van der Waals surface area contributed by atoms with E-state index >= 15 is 0 Å². The van der Waals surface area contributed by atoms with Gasteiger partial charge in [0.05, 0.1) is 5.75 Å². The summed E-state index contributed by atoms with van der Waals surface area (Å²) in [4.78, 5) is 25.7. The van der Waals surface area contributed by atoms with Gasteiger partial charge in [-0.3, -0.25) is 14.5 Å². The minimum absolute atomic E-state index is 0.0428. The lowest BCUT2D eigenvalue weighted by molar-refractivity contribution is -0.116. The molecule has 2 aromatic carbocycles. The maximum absolute atomic E-state index is 12.6. The number of carbonyl (C=O) groups excluding carboxylic acids is 2. The number of carbonyl (C=O) groups is 2. The first-order valence-corrected chi connectivity index (χ1v) is 9.42. The van der Waals surface area contributed by atoms with Gasteiger partial charge in [-0.1, -0.05) is 44.2 Å². The number of rotatable bonds is 4. The second-order valence-corrected chi connectivity index (χ2v) is 7.51. The molecule has 1 aliphatic rings. The first-order chi connectivity index (χ1) is 12.0. The Balaban J connectivity index is 1.94. The van der Waals surface area contributed by atoms with Crippen molar-refractivity contribution in [2.45, 2.75) is 32.1 Å². The number of nitrogens with zero attached hydrogens (tertiary/aromatic N) is 1. The molecule has 1 saturated heterocycles. The fourth-order valence-corrected chi connectivity index (χ4v) is 4.23. The zero-order valence-corrected chi connectivity index (χ0v) is 15.5. The van der Waals surface area contributed by atoms with Crippen molar-refractivity contribution < 1.29 is 9.59 Å². The molecule has 2 aromatic rings. The van der Waals surface area contributed by atoms with Crippen LogP contribution in [0.2, 0.25) is 0 Å². The van der Waals surface area contributed by atoms with Crippen LogP contribution in [0.4, 0.5) is 11.4 Å². The summed E-state index contributed by atoms with van der Waals surface area (Å²) in [7, 11) is 0. The number of anilines is 2. The fourth-order valence-electron chi connectivity index (χ4n) is 3.06. The van der Waals surface area contributed by atoms with Gasteiger partial charge in [0.2, 0.25) is 11.8 Å². The number of hydrogen-bond acceptors (Lipinski definition) is 3. The van der Waals surface area contributed by atoms with Crippen LogP contribution in [0.3, 0.4) is 0 Å². The Labute approximate surface area is 152 Å². The summed E-state index contributed by atoms with van der Waals surface area (Å²) in [6.07, 6.45) is 0. The molecule has 1 aliphatic heterocycles. The van der Waals surface area contributed by atoms with E-state index in [1.165, 1.54) is 12.5 Å². The Bertz CT molecular complexity index is 787. The molecule has 1 fully saturated rings. The van der Waals surface area contributed by atoms with E-state index < -0.39 is 0 Å². The lowest BCUT2D eigenvalue weighted by Gasteiger charge is -2.27. The third-order valence-electron chi connectivity index (χ3n) is 4.20. The molecule has 0 aliphatic carbocycles. The van der Waals surface area contributed by atoms with Gasteiger partial charge in [-0.15, -0.1) is 11.8 Å². The maximum atomic E-state index is 12.6. The summed E-state index contributed by atoms with van der Waals surface area (Å²) in [6, 6.07) is 15.8. The average molecular weight is 354 g/mol. The monoisotopic (exact) mass is 354 g/mol. The van der Waals surface area contributed by atoms with Crippen molar-refractivity contribution in [2.75, 3.05) is 16.0 Å². The van der Waals surface area contributed by atoms with Crippen molar-refractivity contribution in [3.8, 4) is 0 Å². The highest BCUT2D eigenvalue weighted by Crippen LogP contribution is 2.44. The topological polar surface area (TPSA) is 49.4 Å². The Kier molecular flexibility index (Phi) is 5.13. The van der Waals surface area contributed by atoms with E-state index in [0.717, 1.165) is 16.9 Å². The molecule has 4 nitrogen and oxygen atoms in total. The van der Waals surface area contributed by atoms with E-state index in [2.05, 4.69) is 25.2 Å². The normalized spacial score (nSPS) is 17.2. The van der Waals surface area contributed by atoms with E-state index in [4.69, 9.17) is 0 Å². The molecule has 1 heterocycles. The van der Waals surface area contributed by atoms with Crippen molar-refractivity contribution >= 4 is 35.0 Å². The van der Waals surface area contributed by atoms with Crippen molar-refractivity contribution in [3.63, 3.8) is 0 Å². The van der Waals surface area contributed by atoms with E-state index in [9.17, 15) is 9.59 Å². The van der Waals surface area contributed by atoms with Crippen molar-refractivity contribution in [2.24, 2.45) is 0 Å². The highest BCUT2D eigenvalue weighted by atomic mass is 32.2. The molecule has 130 valence electrons. The number of amides is 2. The molecular formula is C20H22N2O2S. The van der Waals surface area contributed by atoms with Gasteiger partial charge >= 0.3 is 0 Å². The van der Waals surface area contributed by atoms with Gasteiger partial charge in [-0.05, 0) is 35.2 Å². The number of hydrogen-bond donors (Lipinski definition) is 1. The van der Waals surface area contributed by atoms with Crippen LogP contribution < -0.4 is 10.2 Å². The van der Waals surface area contributed by atoms with Gasteiger partial charge in [-0.25, -0.2) is 0 Å². The summed E-state index contributed by atoms with van der Waals surface area (Å²) in [5.41, 5.74) is 3.99. The first kappa shape index (κ1) is 17.5. The minimum atomic E-state index is -0.0920. The van der Waals surface area contributed by atoms with Gasteiger partial charge < -0.3 is 5.32 Å². The van der Waals surface area contributed by atoms with Crippen LogP contribution in [-0.2, 0) is 9.59 Å². The van der Waals surface area contributed by atoms with Gasteiger partial charge in [0.1, 0.15) is 5.37 Å². The summed E-state index contributed by atoms with van der Waals surface area (Å²) in [6.45, 7) is 5.78. The van der Waals surface area contributed by atoms with Crippen molar-refractivity contribution in [1.82, 2.24) is 0 Å². The third-order valence-corrected chi connectivity index (χ3v) is 5.41. The summed E-state index contributed by atoms with van der Waals surface area (Å²) in [5, 5.41) is 2.73. The van der Waals surface area contributed by atoms with E-state index in [0.29, 0.717) is 11.7 Å². The average Bonchev–Trinajstić information content (AvgIpc) is 2.96. The molecule has 0 aromatic heterocycles. The Morgan fingerprint density at radius 3 is 2.48 bits per heavy atom. The zero-order chi connectivity index (χ0) is 18.0. The van der Waals surface area contributed by atoms with Gasteiger partial charge in [0.15, 0.2) is 0 Å². The number of nitrogens with one attached hydrogen (secondary N) is 1. The van der Waals surface area contributed by atoms with Crippen LogP contribution in [0.5, 0.6) is 0 Å². The van der Waals surface area contributed by atoms with Crippen LogP contribution in [0, 0.1) is 0 Å². The zero-order valence-electron chi connectivity index (χ0n) is 14.7. The highest BCUT2D eigenvalue weighted by Gasteiger charge is 2.35. The fraction of sp³-hybridized carbons (Fsp3) is 0.300. The van der Waals surface area contributed by atoms with Gasteiger partial charge in [0.25, 0.3) is 0 Å². The highest BCUT2D eigenvalue weighted by molar-refractivity contribution is 8.00. The first-order valence-electron chi connectivity index (χ1n) is 8.37. The predicted molar refractivity (Wildman–Crippen MR) is 104 cm³/mol. The Hall–Kier alpha value is -2.27. The predicted octanol–water partition coefficient (Wildman–Crippen LogP) is 4.55. The summed E-state index contributed by atoms with van der Waals surface area (Å²) >= 11 is 1.64. The largest absolute Gasteiger partial charge is 0.326 e. The Morgan fingerprint density at radius 1 is 1.16 bits per heavy atom. The number of benzene rings is 2. The third kappa shape index (κ3) is 3.71. The van der Waals surface area contributed by atoms with Crippen LogP contribution in [0.1, 0.15) is 43.2 Å². The second kappa shape index (κ2) is 7.31. The van der Waals surface area contributed by atoms with Crippen molar-refractivity contribution in [1.29, 1.82) is 0 Å². The molecule has 25 heavy (non-hydrogen) atoms. The summed E-state index contributed by atoms with van der Waals surface area (Å²) in [5.74, 6) is 0.863. The van der Waals surface area contributed by atoms with Crippen molar-refractivity contribution in [3.05, 3.63) is 59.7 Å². The maximum Gasteiger partial charge on any atom is 0.238 e. The van der Waals surface area contributed by atoms with Gasteiger partial charge in [-0.2, -0.15) is 0 Å². The standard InChI is InChI=1S/C20H22N2O2S/c1-13(2)17-6-4-5-7-18(17)22-19(24)12-25-20(22)15-8-10-16(11-9-15)21-14(3)23/h4-11,13,20H,12H2,1-3H3,(H,21,23)/t20-/m1/s1. The molecular weight excluding hydrogens is 332 g/mol. The minimum Gasteiger partial charge on any atom is -0.326 e. The molecule has 0 saturated carbocycles. The lowest BCUT2D eigenvalue weighted by atomic mass is 10.00. The molecule has 1 atom stereocenters. The quantitative estimate of drug-likeness (QED) is 0.876. The van der Waals surface area contributed by atoms with E-state index in [1.54, 1.807) is 11.8 Å². The summed E-state index contributed by atoms with van der Waals surface area (Å²) < 4.78 is 0. The SMILES string of the molecule is CC(=O)Nc1ccc([C@H]2SCC(=O)N2c2ccccc2C(C)C)cc1. The molecule has 0 bridgehead atoms. The molecule has 5 heteroatoms. The number of para-hydroxylation sites is 1. The Morgan fingerprint density at radius 2 is 1.84 bits per heavy atom. The van der Waals surface area contributed by atoms with E-state index in [-0.39, 0.29) is 17.2 Å². The smallest absolute Gasteiger partial charge is 0.238 e. The second-order valence-electron chi connectivity index (χ2n) is 6.44. The molecule has 3 rings (SSSR count). The molecule has 1 N–H and O–H groups in total. The van der Waals surface area contributed by atoms with Crippen LogP contribution in [0.25, 0.3) is 0 Å². The molecule has 2 amide bonds. The number of thioether (sulfide) groups is 1. The van der Waals surface area contributed by atoms with Crippen LogP contribution in [0.15, 0.2) is 48.5 Å². The molecule has 0 radical (unpaired) electrons. The van der Waals surface area contributed by atoms with Crippen LogP contribution in [-0.4, -0.2) is 17.6 Å².